The van der Waals surface area contributed by atoms with Crippen LogP contribution < -0.4 is 10.1 Å². The highest BCUT2D eigenvalue weighted by Crippen LogP contribution is 2.29. The van der Waals surface area contributed by atoms with E-state index in [2.05, 4.69) is 5.32 Å². The maximum Gasteiger partial charge on any atom is 0.233 e. The Labute approximate surface area is 112 Å². The number of carbonyl (C=O) groups is 1. The minimum absolute atomic E-state index is 0.0467. The summed E-state index contributed by atoms with van der Waals surface area (Å²) in [5, 5.41) is 3.01. The second kappa shape index (κ2) is 6.69. The highest BCUT2D eigenvalue weighted by atomic mass is 32.2. The molecular formula is C14H19NO2S. The summed E-state index contributed by atoms with van der Waals surface area (Å²) < 4.78 is 5.40. The first-order chi connectivity index (χ1) is 8.79. The van der Waals surface area contributed by atoms with Crippen LogP contribution >= 0.6 is 11.8 Å². The number of thioether (sulfide) groups is 1. The second-order valence-corrected chi connectivity index (χ2v) is 5.57. The van der Waals surface area contributed by atoms with Gasteiger partial charge in [-0.1, -0.05) is 6.42 Å². The van der Waals surface area contributed by atoms with Crippen LogP contribution in [0.5, 0.6) is 5.75 Å². The zero-order valence-electron chi connectivity index (χ0n) is 10.6. The van der Waals surface area contributed by atoms with Crippen LogP contribution in [0.15, 0.2) is 29.2 Å². The molecule has 0 radical (unpaired) electrons. The Kier molecular flexibility index (Phi) is 4.93. The van der Waals surface area contributed by atoms with Crippen LogP contribution in [0.3, 0.4) is 0 Å². The van der Waals surface area contributed by atoms with E-state index < -0.39 is 0 Å². The van der Waals surface area contributed by atoms with E-state index in [0.717, 1.165) is 36.5 Å². The molecule has 0 spiro atoms. The normalized spacial score (nSPS) is 20.1. The van der Waals surface area contributed by atoms with E-state index in [1.165, 1.54) is 0 Å². The number of nitrogens with one attached hydrogen (secondary N) is 1. The average Bonchev–Trinajstić information content (AvgIpc) is 2.58. The van der Waals surface area contributed by atoms with Crippen molar-refractivity contribution in [2.75, 3.05) is 13.2 Å². The lowest BCUT2D eigenvalue weighted by Crippen LogP contribution is -2.30. The van der Waals surface area contributed by atoms with Crippen LogP contribution in [0.2, 0.25) is 0 Å². The molecule has 1 heterocycles. The van der Waals surface area contributed by atoms with E-state index in [4.69, 9.17) is 4.74 Å². The first-order valence-corrected chi connectivity index (χ1v) is 7.35. The van der Waals surface area contributed by atoms with Gasteiger partial charge in [0.15, 0.2) is 0 Å². The fraction of sp³-hybridized carbons (Fsp3) is 0.500. The Hall–Kier alpha value is -1.16. The van der Waals surface area contributed by atoms with Gasteiger partial charge in [0.2, 0.25) is 5.91 Å². The Morgan fingerprint density at radius 2 is 2.11 bits per heavy atom. The zero-order chi connectivity index (χ0) is 12.8. The average molecular weight is 265 g/mol. The predicted molar refractivity (Wildman–Crippen MR) is 74.1 cm³/mol. The molecule has 4 heteroatoms. The molecule has 1 N–H and O–H groups in total. The summed E-state index contributed by atoms with van der Waals surface area (Å²) >= 11 is 1.65. The standard InChI is InChI=1S/C14H19NO2S/c1-2-17-11-6-8-12(9-7-11)18-13-5-3-4-10-15-14(13)16/h6-9,13H,2-5,10H2,1H3,(H,15,16). The lowest BCUT2D eigenvalue weighted by atomic mass is 10.2. The molecule has 1 amide bonds. The third-order valence-electron chi connectivity index (χ3n) is 2.90. The molecule has 1 aromatic rings. The van der Waals surface area contributed by atoms with E-state index in [9.17, 15) is 4.79 Å². The van der Waals surface area contributed by atoms with Crippen molar-refractivity contribution >= 4 is 17.7 Å². The van der Waals surface area contributed by atoms with Gasteiger partial charge in [0.1, 0.15) is 5.75 Å². The lowest BCUT2D eigenvalue weighted by Gasteiger charge is -2.12. The third-order valence-corrected chi connectivity index (χ3v) is 4.18. The third kappa shape index (κ3) is 3.67. The molecule has 0 saturated carbocycles. The minimum Gasteiger partial charge on any atom is -0.494 e. The smallest absolute Gasteiger partial charge is 0.233 e. The van der Waals surface area contributed by atoms with Crippen LogP contribution in [0.4, 0.5) is 0 Å². The maximum absolute atomic E-state index is 11.8. The van der Waals surface area contributed by atoms with E-state index >= 15 is 0 Å². The molecule has 3 nitrogen and oxygen atoms in total. The van der Waals surface area contributed by atoms with Gasteiger partial charge in [0.25, 0.3) is 0 Å². The summed E-state index contributed by atoms with van der Waals surface area (Å²) in [5.41, 5.74) is 0. The molecule has 1 unspecified atom stereocenters. The quantitative estimate of drug-likeness (QED) is 0.909. The molecule has 0 bridgehead atoms. The van der Waals surface area contributed by atoms with Crippen molar-refractivity contribution in [1.82, 2.24) is 5.32 Å². The van der Waals surface area contributed by atoms with Gasteiger partial charge in [0, 0.05) is 11.4 Å². The summed E-state index contributed by atoms with van der Waals surface area (Å²) in [6, 6.07) is 7.96. The summed E-state index contributed by atoms with van der Waals surface area (Å²) in [6.45, 7) is 3.47. The lowest BCUT2D eigenvalue weighted by molar-refractivity contribution is -0.120. The molecule has 0 aliphatic carbocycles. The van der Waals surface area contributed by atoms with Gasteiger partial charge in [-0.2, -0.15) is 0 Å². The van der Waals surface area contributed by atoms with Crippen LogP contribution in [0.25, 0.3) is 0 Å². The van der Waals surface area contributed by atoms with Gasteiger partial charge in [-0.25, -0.2) is 0 Å². The minimum atomic E-state index is 0.0467. The number of carbonyl (C=O) groups excluding carboxylic acids is 1. The zero-order valence-corrected chi connectivity index (χ0v) is 11.5. The van der Waals surface area contributed by atoms with E-state index in [0.29, 0.717) is 6.61 Å². The van der Waals surface area contributed by atoms with Crippen molar-refractivity contribution in [3.8, 4) is 5.75 Å². The summed E-state index contributed by atoms with van der Waals surface area (Å²) in [6.07, 6.45) is 3.17. The fourth-order valence-electron chi connectivity index (χ4n) is 1.97. The number of rotatable bonds is 4. The Balaban J connectivity index is 1.97. The monoisotopic (exact) mass is 265 g/mol. The van der Waals surface area contributed by atoms with Crippen molar-refractivity contribution in [2.45, 2.75) is 36.3 Å². The van der Waals surface area contributed by atoms with Gasteiger partial charge in [-0.05, 0) is 44.0 Å². The molecule has 1 aliphatic rings. The van der Waals surface area contributed by atoms with Gasteiger partial charge in [0.05, 0.1) is 11.9 Å². The second-order valence-electron chi connectivity index (χ2n) is 4.30. The van der Waals surface area contributed by atoms with Crippen LogP contribution in [-0.2, 0) is 4.79 Å². The molecule has 2 rings (SSSR count). The summed E-state index contributed by atoms with van der Waals surface area (Å²) in [4.78, 5) is 13.0. The number of benzene rings is 1. The Morgan fingerprint density at radius 1 is 1.33 bits per heavy atom. The summed E-state index contributed by atoms with van der Waals surface area (Å²) in [5.74, 6) is 1.05. The van der Waals surface area contributed by atoms with Crippen molar-refractivity contribution < 1.29 is 9.53 Å². The van der Waals surface area contributed by atoms with Gasteiger partial charge in [-0.15, -0.1) is 11.8 Å². The topological polar surface area (TPSA) is 38.3 Å². The molecule has 18 heavy (non-hydrogen) atoms. The molecule has 1 aliphatic heterocycles. The number of hydrogen-bond donors (Lipinski definition) is 1. The first-order valence-electron chi connectivity index (χ1n) is 6.47. The van der Waals surface area contributed by atoms with Crippen LogP contribution in [0.1, 0.15) is 26.2 Å². The van der Waals surface area contributed by atoms with Crippen LogP contribution in [0, 0.1) is 0 Å². The number of amides is 1. The highest BCUT2D eigenvalue weighted by molar-refractivity contribution is 8.00. The Morgan fingerprint density at radius 3 is 2.83 bits per heavy atom. The van der Waals surface area contributed by atoms with Crippen molar-refractivity contribution in [1.29, 1.82) is 0 Å². The summed E-state index contributed by atoms with van der Waals surface area (Å²) in [7, 11) is 0. The maximum atomic E-state index is 11.8. The number of hydrogen-bond acceptors (Lipinski definition) is 3. The molecular weight excluding hydrogens is 246 g/mol. The molecule has 1 aromatic carbocycles. The Bertz CT molecular complexity index is 391. The molecule has 1 fully saturated rings. The predicted octanol–water partition coefficient (Wildman–Crippen LogP) is 2.85. The molecule has 1 atom stereocenters. The molecule has 98 valence electrons. The van der Waals surface area contributed by atoms with Crippen molar-refractivity contribution in [3.63, 3.8) is 0 Å². The largest absolute Gasteiger partial charge is 0.494 e. The number of ether oxygens (including phenoxy) is 1. The van der Waals surface area contributed by atoms with E-state index in [1.807, 2.05) is 31.2 Å². The van der Waals surface area contributed by atoms with Gasteiger partial charge in [-0.3, -0.25) is 4.79 Å². The van der Waals surface area contributed by atoms with E-state index in [-0.39, 0.29) is 11.2 Å². The SMILES string of the molecule is CCOc1ccc(SC2CCCCNC2=O)cc1. The molecule has 0 aromatic heterocycles. The highest BCUT2D eigenvalue weighted by Gasteiger charge is 2.21. The van der Waals surface area contributed by atoms with Crippen LogP contribution in [-0.4, -0.2) is 24.3 Å². The fourth-order valence-corrected chi connectivity index (χ4v) is 3.07. The van der Waals surface area contributed by atoms with Crippen molar-refractivity contribution in [3.05, 3.63) is 24.3 Å². The molecule has 1 saturated heterocycles. The van der Waals surface area contributed by atoms with E-state index in [1.54, 1.807) is 11.8 Å². The van der Waals surface area contributed by atoms with Crippen molar-refractivity contribution in [2.24, 2.45) is 0 Å². The van der Waals surface area contributed by atoms with Gasteiger partial charge < -0.3 is 10.1 Å². The van der Waals surface area contributed by atoms with Gasteiger partial charge >= 0.3 is 0 Å². The first kappa shape index (κ1) is 13.3.